The van der Waals surface area contributed by atoms with Crippen molar-refractivity contribution in [2.75, 3.05) is 13.7 Å². The first kappa shape index (κ1) is 15.6. The molecule has 0 radical (unpaired) electrons. The summed E-state index contributed by atoms with van der Waals surface area (Å²) < 4.78 is 10.9. The third-order valence-electron chi connectivity index (χ3n) is 3.06. The van der Waals surface area contributed by atoms with Gasteiger partial charge in [0, 0.05) is 11.1 Å². The molecule has 2 rings (SSSR count). The maximum atomic E-state index is 12.1. The van der Waals surface area contributed by atoms with E-state index < -0.39 is 0 Å². The van der Waals surface area contributed by atoms with E-state index in [9.17, 15) is 9.90 Å². The maximum absolute atomic E-state index is 12.1. The minimum atomic E-state index is -0.195. The predicted octanol–water partition coefficient (Wildman–Crippen LogP) is 3.70. The zero-order valence-electron chi connectivity index (χ0n) is 12.6. The molecule has 114 valence electrons. The highest BCUT2D eigenvalue weighted by Gasteiger charge is 2.08. The second-order valence-electron chi connectivity index (χ2n) is 4.56. The van der Waals surface area contributed by atoms with Crippen molar-refractivity contribution in [3.63, 3.8) is 0 Å². The molecule has 0 aliphatic heterocycles. The molecular formula is C18H18O4. The Balaban J connectivity index is 2.26. The van der Waals surface area contributed by atoms with Crippen LogP contribution in [0.3, 0.4) is 0 Å². The number of benzene rings is 2. The van der Waals surface area contributed by atoms with Crippen LogP contribution in [-0.2, 0) is 0 Å². The van der Waals surface area contributed by atoms with Gasteiger partial charge in [0.25, 0.3) is 0 Å². The molecule has 0 amide bonds. The minimum absolute atomic E-state index is 0.0650. The third kappa shape index (κ3) is 3.67. The lowest BCUT2D eigenvalue weighted by molar-refractivity contribution is 0.104. The van der Waals surface area contributed by atoms with Crippen LogP contribution in [0.15, 0.2) is 48.5 Å². The number of phenols is 1. The molecule has 0 unspecified atom stereocenters. The van der Waals surface area contributed by atoms with E-state index in [1.54, 1.807) is 25.3 Å². The summed E-state index contributed by atoms with van der Waals surface area (Å²) in [7, 11) is 1.56. The highest BCUT2D eigenvalue weighted by Crippen LogP contribution is 2.32. The number of aromatic hydroxyl groups is 1. The van der Waals surface area contributed by atoms with Crippen molar-refractivity contribution in [2.24, 2.45) is 0 Å². The Morgan fingerprint density at radius 2 is 2.00 bits per heavy atom. The van der Waals surface area contributed by atoms with Gasteiger partial charge in [0.2, 0.25) is 0 Å². The molecule has 0 saturated heterocycles. The van der Waals surface area contributed by atoms with Gasteiger partial charge in [0.05, 0.1) is 13.7 Å². The fraction of sp³-hybridized carbons (Fsp3) is 0.167. The van der Waals surface area contributed by atoms with E-state index in [-0.39, 0.29) is 11.5 Å². The van der Waals surface area contributed by atoms with E-state index in [4.69, 9.17) is 9.47 Å². The largest absolute Gasteiger partial charge is 0.508 e. The van der Waals surface area contributed by atoms with Gasteiger partial charge in [-0.3, -0.25) is 4.79 Å². The first-order valence-corrected chi connectivity index (χ1v) is 6.97. The lowest BCUT2D eigenvalue weighted by atomic mass is 10.1. The number of rotatable bonds is 6. The average molecular weight is 298 g/mol. The van der Waals surface area contributed by atoms with Crippen LogP contribution in [0, 0.1) is 0 Å². The molecule has 22 heavy (non-hydrogen) atoms. The van der Waals surface area contributed by atoms with Gasteiger partial charge in [-0.05, 0) is 37.3 Å². The van der Waals surface area contributed by atoms with Gasteiger partial charge in [0.1, 0.15) is 5.75 Å². The number of hydrogen-bond donors (Lipinski definition) is 1. The van der Waals surface area contributed by atoms with E-state index in [1.807, 2.05) is 25.1 Å². The number of carbonyl (C=O) groups excluding carboxylic acids is 1. The molecule has 2 aromatic carbocycles. The predicted molar refractivity (Wildman–Crippen MR) is 85.6 cm³/mol. The van der Waals surface area contributed by atoms with Crippen LogP contribution < -0.4 is 9.47 Å². The van der Waals surface area contributed by atoms with Crippen LogP contribution >= 0.6 is 0 Å². The molecule has 4 nitrogen and oxygen atoms in total. The van der Waals surface area contributed by atoms with E-state index in [1.165, 1.54) is 18.2 Å². The zero-order valence-corrected chi connectivity index (χ0v) is 12.6. The molecule has 1 N–H and O–H groups in total. The van der Waals surface area contributed by atoms with Crippen molar-refractivity contribution in [3.05, 3.63) is 59.7 Å². The number of methoxy groups -OCH3 is 1. The Bertz CT molecular complexity index is 689. The second-order valence-corrected chi connectivity index (χ2v) is 4.56. The normalized spacial score (nSPS) is 10.6. The Morgan fingerprint density at radius 1 is 1.23 bits per heavy atom. The molecule has 0 spiro atoms. The molecule has 0 aromatic heterocycles. The topological polar surface area (TPSA) is 55.8 Å². The Labute approximate surface area is 129 Å². The molecule has 0 saturated carbocycles. The van der Waals surface area contributed by atoms with Crippen molar-refractivity contribution in [1.29, 1.82) is 0 Å². The summed E-state index contributed by atoms with van der Waals surface area (Å²) in [5.74, 6) is 1.09. The smallest absolute Gasteiger partial charge is 0.185 e. The van der Waals surface area contributed by atoms with Crippen molar-refractivity contribution in [1.82, 2.24) is 0 Å². The van der Waals surface area contributed by atoms with E-state index in [0.717, 1.165) is 5.56 Å². The van der Waals surface area contributed by atoms with Gasteiger partial charge < -0.3 is 14.6 Å². The first-order valence-electron chi connectivity index (χ1n) is 6.97. The number of para-hydroxylation sites is 1. The average Bonchev–Trinajstić information content (AvgIpc) is 2.53. The molecule has 0 atom stereocenters. The van der Waals surface area contributed by atoms with Gasteiger partial charge in [-0.1, -0.05) is 24.3 Å². The highest BCUT2D eigenvalue weighted by atomic mass is 16.5. The number of ether oxygens (including phenoxy) is 2. The van der Waals surface area contributed by atoms with Gasteiger partial charge in [-0.2, -0.15) is 0 Å². The number of phenolic OH excluding ortho intramolecular Hbond substituents is 1. The summed E-state index contributed by atoms with van der Waals surface area (Å²) in [4.78, 5) is 12.1. The zero-order chi connectivity index (χ0) is 15.9. The van der Waals surface area contributed by atoms with Gasteiger partial charge in [0.15, 0.2) is 17.3 Å². The molecule has 0 fully saturated rings. The van der Waals surface area contributed by atoms with E-state index in [2.05, 4.69) is 0 Å². The minimum Gasteiger partial charge on any atom is -0.508 e. The third-order valence-corrected chi connectivity index (χ3v) is 3.06. The molecule has 0 bridgehead atoms. The fourth-order valence-corrected chi connectivity index (χ4v) is 2.07. The van der Waals surface area contributed by atoms with Gasteiger partial charge in [-0.25, -0.2) is 0 Å². The summed E-state index contributed by atoms with van der Waals surface area (Å²) in [6, 6.07) is 11.7. The Kier molecular flexibility index (Phi) is 5.20. The van der Waals surface area contributed by atoms with E-state index in [0.29, 0.717) is 23.7 Å². The van der Waals surface area contributed by atoms with Crippen molar-refractivity contribution in [3.8, 4) is 17.2 Å². The molecular weight excluding hydrogens is 280 g/mol. The van der Waals surface area contributed by atoms with Crippen LogP contribution in [0.4, 0.5) is 0 Å². The van der Waals surface area contributed by atoms with Crippen LogP contribution in [0.5, 0.6) is 17.2 Å². The SMILES string of the molecule is CCOc1cccc(/C=C/C(=O)c2cccc(O)c2)c1OC. The summed E-state index contributed by atoms with van der Waals surface area (Å²) in [6.07, 6.45) is 3.12. The van der Waals surface area contributed by atoms with Crippen molar-refractivity contribution in [2.45, 2.75) is 6.92 Å². The van der Waals surface area contributed by atoms with Crippen LogP contribution in [0.1, 0.15) is 22.8 Å². The lowest BCUT2D eigenvalue weighted by Crippen LogP contribution is -1.97. The quantitative estimate of drug-likeness (QED) is 0.652. The fourth-order valence-electron chi connectivity index (χ4n) is 2.07. The number of allylic oxidation sites excluding steroid dienone is 1. The summed E-state index contributed by atoms with van der Waals surface area (Å²) in [5, 5.41) is 9.41. The number of hydrogen-bond acceptors (Lipinski definition) is 4. The second kappa shape index (κ2) is 7.31. The summed E-state index contributed by atoms with van der Waals surface area (Å²) in [6.45, 7) is 2.43. The number of ketones is 1. The Hall–Kier alpha value is -2.75. The van der Waals surface area contributed by atoms with Gasteiger partial charge in [-0.15, -0.1) is 0 Å². The summed E-state index contributed by atoms with van der Waals surface area (Å²) >= 11 is 0. The molecule has 0 heterocycles. The number of carbonyl (C=O) groups is 1. The van der Waals surface area contributed by atoms with Crippen LogP contribution in [0.25, 0.3) is 6.08 Å². The lowest BCUT2D eigenvalue weighted by Gasteiger charge is -2.11. The molecule has 0 aliphatic rings. The molecule has 0 aliphatic carbocycles. The standard InChI is InChI=1S/C18H18O4/c1-3-22-17-9-5-6-13(18(17)21-2)10-11-16(20)14-7-4-8-15(19)12-14/h4-12,19H,3H2,1-2H3/b11-10+. The van der Waals surface area contributed by atoms with Crippen molar-refractivity contribution < 1.29 is 19.4 Å². The van der Waals surface area contributed by atoms with Crippen LogP contribution in [-0.4, -0.2) is 24.6 Å². The van der Waals surface area contributed by atoms with Crippen LogP contribution in [0.2, 0.25) is 0 Å². The van der Waals surface area contributed by atoms with Gasteiger partial charge >= 0.3 is 0 Å². The Morgan fingerprint density at radius 3 is 2.68 bits per heavy atom. The highest BCUT2D eigenvalue weighted by molar-refractivity contribution is 6.07. The van der Waals surface area contributed by atoms with Crippen molar-refractivity contribution >= 4 is 11.9 Å². The first-order chi connectivity index (χ1) is 10.7. The molecule has 4 heteroatoms. The molecule has 2 aromatic rings. The maximum Gasteiger partial charge on any atom is 0.185 e. The van der Waals surface area contributed by atoms with E-state index >= 15 is 0 Å². The summed E-state index contributed by atoms with van der Waals surface area (Å²) in [5.41, 5.74) is 1.18. The monoisotopic (exact) mass is 298 g/mol.